The Labute approximate surface area is 94.3 Å². The molecule has 0 saturated carbocycles. The van der Waals surface area contributed by atoms with Gasteiger partial charge in [0.1, 0.15) is 11.6 Å². The molecule has 0 fully saturated rings. The van der Waals surface area contributed by atoms with Gasteiger partial charge in [-0.05, 0) is 25.1 Å². The Morgan fingerprint density at radius 2 is 2.25 bits per heavy atom. The molecule has 0 aliphatic carbocycles. The molecular weight excluding hydrogens is 204 g/mol. The van der Waals surface area contributed by atoms with Gasteiger partial charge in [-0.15, -0.1) is 0 Å². The first-order chi connectivity index (χ1) is 7.88. The van der Waals surface area contributed by atoms with Crippen LogP contribution in [0.1, 0.15) is 12.7 Å². The highest BCUT2D eigenvalue weighted by Crippen LogP contribution is 2.12. The number of nitrogens with one attached hydrogen (secondary N) is 1. The Morgan fingerprint density at radius 3 is 3.00 bits per heavy atom. The number of hydrogen-bond acceptors (Lipinski definition) is 4. The third-order valence-corrected chi connectivity index (χ3v) is 2.04. The second-order valence-corrected chi connectivity index (χ2v) is 3.23. The molecule has 84 valence electrons. The number of furan rings is 1. The lowest BCUT2D eigenvalue weighted by Gasteiger charge is -2.06. The molecule has 0 unspecified atom stereocenters. The molecule has 2 rings (SSSR count). The van der Waals surface area contributed by atoms with Crippen molar-refractivity contribution in [2.24, 2.45) is 0 Å². The Hall–Kier alpha value is -1.97. The summed E-state index contributed by atoms with van der Waals surface area (Å²) in [6.07, 6.45) is 1.65. The summed E-state index contributed by atoms with van der Waals surface area (Å²) in [6.45, 7) is 3.18. The molecule has 0 radical (unpaired) electrons. The molecule has 0 spiro atoms. The van der Waals surface area contributed by atoms with Crippen molar-refractivity contribution in [3.63, 3.8) is 0 Å². The van der Waals surface area contributed by atoms with Gasteiger partial charge in [-0.3, -0.25) is 0 Å². The van der Waals surface area contributed by atoms with E-state index in [2.05, 4.69) is 10.3 Å². The first-order valence-corrected chi connectivity index (χ1v) is 5.24. The third-order valence-electron chi connectivity index (χ3n) is 2.04. The van der Waals surface area contributed by atoms with E-state index in [0.29, 0.717) is 19.0 Å². The highest BCUT2D eigenvalue weighted by atomic mass is 16.5. The predicted octanol–water partition coefficient (Wildman–Crippen LogP) is 2.69. The Balaban J connectivity index is 1.96. The number of anilines is 1. The van der Waals surface area contributed by atoms with E-state index in [-0.39, 0.29) is 0 Å². The zero-order valence-electron chi connectivity index (χ0n) is 9.14. The fourth-order valence-corrected chi connectivity index (χ4v) is 1.33. The van der Waals surface area contributed by atoms with Crippen LogP contribution in [0.4, 0.5) is 5.82 Å². The molecule has 1 N–H and O–H groups in total. The third kappa shape index (κ3) is 2.76. The molecule has 2 aromatic heterocycles. The molecular formula is C12H14N2O2. The van der Waals surface area contributed by atoms with E-state index in [1.165, 1.54) is 0 Å². The van der Waals surface area contributed by atoms with Gasteiger partial charge in [-0.2, -0.15) is 4.98 Å². The maximum absolute atomic E-state index is 5.31. The van der Waals surface area contributed by atoms with Crippen LogP contribution in [-0.2, 0) is 6.54 Å². The van der Waals surface area contributed by atoms with E-state index in [1.54, 1.807) is 6.26 Å². The van der Waals surface area contributed by atoms with Crippen molar-refractivity contribution in [3.05, 3.63) is 42.4 Å². The number of nitrogens with zero attached hydrogens (tertiary/aromatic N) is 1. The summed E-state index contributed by atoms with van der Waals surface area (Å²) >= 11 is 0. The molecule has 0 amide bonds. The van der Waals surface area contributed by atoms with E-state index in [4.69, 9.17) is 9.15 Å². The van der Waals surface area contributed by atoms with Gasteiger partial charge in [0.05, 0.1) is 19.4 Å². The largest absolute Gasteiger partial charge is 0.478 e. The number of hydrogen-bond donors (Lipinski definition) is 1. The van der Waals surface area contributed by atoms with Crippen LogP contribution in [0, 0.1) is 0 Å². The molecule has 4 nitrogen and oxygen atoms in total. The standard InChI is InChI=1S/C12H14N2O2/c1-2-15-12-7-3-6-11(14-12)13-9-10-5-4-8-16-10/h3-8H,2,9H2,1H3,(H,13,14). The number of aromatic nitrogens is 1. The van der Waals surface area contributed by atoms with Crippen molar-refractivity contribution in [1.29, 1.82) is 0 Å². The van der Waals surface area contributed by atoms with Crippen molar-refractivity contribution in [1.82, 2.24) is 4.98 Å². The van der Waals surface area contributed by atoms with E-state index in [0.717, 1.165) is 11.6 Å². The second-order valence-electron chi connectivity index (χ2n) is 3.23. The van der Waals surface area contributed by atoms with Gasteiger partial charge in [0.15, 0.2) is 0 Å². The first-order valence-electron chi connectivity index (χ1n) is 5.24. The van der Waals surface area contributed by atoms with Gasteiger partial charge in [-0.1, -0.05) is 6.07 Å². The summed E-state index contributed by atoms with van der Waals surface area (Å²) in [5.74, 6) is 2.29. The van der Waals surface area contributed by atoms with E-state index < -0.39 is 0 Å². The van der Waals surface area contributed by atoms with Crippen LogP contribution < -0.4 is 10.1 Å². The molecule has 4 heteroatoms. The van der Waals surface area contributed by atoms with Gasteiger partial charge in [-0.25, -0.2) is 0 Å². The molecule has 0 aromatic carbocycles. The quantitative estimate of drug-likeness (QED) is 0.838. The topological polar surface area (TPSA) is 47.3 Å². The molecule has 0 bridgehead atoms. The van der Waals surface area contributed by atoms with Gasteiger partial charge >= 0.3 is 0 Å². The Morgan fingerprint density at radius 1 is 1.31 bits per heavy atom. The van der Waals surface area contributed by atoms with Crippen LogP contribution in [0.3, 0.4) is 0 Å². The summed E-state index contributed by atoms with van der Waals surface area (Å²) in [4.78, 5) is 4.29. The fourth-order valence-electron chi connectivity index (χ4n) is 1.33. The number of rotatable bonds is 5. The minimum Gasteiger partial charge on any atom is -0.478 e. The zero-order chi connectivity index (χ0) is 11.2. The van der Waals surface area contributed by atoms with E-state index in [1.807, 2.05) is 37.3 Å². The highest BCUT2D eigenvalue weighted by molar-refractivity contribution is 5.37. The molecule has 16 heavy (non-hydrogen) atoms. The first kappa shape index (κ1) is 10.5. The fraction of sp³-hybridized carbons (Fsp3) is 0.250. The number of ether oxygens (including phenoxy) is 1. The van der Waals surface area contributed by atoms with Crippen LogP contribution in [0.2, 0.25) is 0 Å². The van der Waals surface area contributed by atoms with Crippen molar-refractivity contribution in [2.45, 2.75) is 13.5 Å². The van der Waals surface area contributed by atoms with Crippen molar-refractivity contribution >= 4 is 5.82 Å². The van der Waals surface area contributed by atoms with Gasteiger partial charge < -0.3 is 14.5 Å². The molecule has 2 heterocycles. The minimum absolute atomic E-state index is 0.620. The molecule has 0 aliphatic heterocycles. The van der Waals surface area contributed by atoms with Crippen molar-refractivity contribution in [3.8, 4) is 5.88 Å². The second kappa shape index (κ2) is 5.21. The van der Waals surface area contributed by atoms with Crippen LogP contribution in [-0.4, -0.2) is 11.6 Å². The molecule has 0 atom stereocenters. The molecule has 0 aliphatic rings. The minimum atomic E-state index is 0.620. The van der Waals surface area contributed by atoms with Crippen LogP contribution in [0.25, 0.3) is 0 Å². The predicted molar refractivity (Wildman–Crippen MR) is 61.4 cm³/mol. The summed E-state index contributed by atoms with van der Waals surface area (Å²) in [7, 11) is 0. The maximum atomic E-state index is 5.31. The normalized spacial score (nSPS) is 10.1. The lowest BCUT2D eigenvalue weighted by molar-refractivity contribution is 0.327. The van der Waals surface area contributed by atoms with Gasteiger partial charge in [0, 0.05) is 6.07 Å². The number of pyridine rings is 1. The van der Waals surface area contributed by atoms with Crippen LogP contribution in [0.15, 0.2) is 41.0 Å². The van der Waals surface area contributed by atoms with Gasteiger partial charge in [0.2, 0.25) is 5.88 Å². The molecule has 2 aromatic rings. The molecule has 0 saturated heterocycles. The summed E-state index contributed by atoms with van der Waals surface area (Å²) in [5, 5.41) is 3.16. The highest BCUT2D eigenvalue weighted by Gasteiger charge is 1.99. The summed E-state index contributed by atoms with van der Waals surface area (Å²) < 4.78 is 10.5. The van der Waals surface area contributed by atoms with E-state index >= 15 is 0 Å². The average Bonchev–Trinajstić information content (AvgIpc) is 2.80. The SMILES string of the molecule is CCOc1cccc(NCc2ccco2)n1. The summed E-state index contributed by atoms with van der Waals surface area (Å²) in [6, 6.07) is 9.41. The van der Waals surface area contributed by atoms with E-state index in [9.17, 15) is 0 Å². The van der Waals surface area contributed by atoms with Crippen LogP contribution >= 0.6 is 0 Å². The summed E-state index contributed by atoms with van der Waals surface area (Å²) in [5.41, 5.74) is 0. The van der Waals surface area contributed by atoms with Gasteiger partial charge in [0.25, 0.3) is 0 Å². The lowest BCUT2D eigenvalue weighted by Crippen LogP contribution is -2.02. The Bertz CT molecular complexity index is 426. The van der Waals surface area contributed by atoms with Crippen molar-refractivity contribution < 1.29 is 9.15 Å². The van der Waals surface area contributed by atoms with Crippen LogP contribution in [0.5, 0.6) is 5.88 Å². The smallest absolute Gasteiger partial charge is 0.215 e. The zero-order valence-corrected chi connectivity index (χ0v) is 9.14. The average molecular weight is 218 g/mol. The maximum Gasteiger partial charge on any atom is 0.215 e. The Kier molecular flexibility index (Phi) is 3.43. The lowest BCUT2D eigenvalue weighted by atomic mass is 10.4. The monoisotopic (exact) mass is 218 g/mol. The van der Waals surface area contributed by atoms with Crippen molar-refractivity contribution in [2.75, 3.05) is 11.9 Å².